The Morgan fingerprint density at radius 1 is 1.23 bits per heavy atom. The Kier molecular flexibility index (Phi) is 3.81. The molecule has 0 saturated carbocycles. The van der Waals surface area contributed by atoms with Crippen LogP contribution in [0, 0.1) is 0 Å². The molecule has 1 aromatic carbocycles. The maximum atomic E-state index is 12.6. The first-order valence-corrected chi connectivity index (χ1v) is 8.47. The minimum atomic E-state index is -0.130. The maximum Gasteiger partial charge on any atom is 0.180 e. The first kappa shape index (κ1) is 16.4. The third kappa shape index (κ3) is 2.97. The topological polar surface area (TPSA) is 99.4 Å². The molecule has 7 heteroatoms. The lowest BCUT2D eigenvalue weighted by Gasteiger charge is -2.19. The van der Waals surface area contributed by atoms with Crippen molar-refractivity contribution < 1.29 is 4.79 Å². The summed E-state index contributed by atoms with van der Waals surface area (Å²) in [6, 6.07) is 5.90. The van der Waals surface area contributed by atoms with E-state index < -0.39 is 0 Å². The van der Waals surface area contributed by atoms with Crippen molar-refractivity contribution in [2.75, 3.05) is 6.54 Å². The van der Waals surface area contributed by atoms with Crippen molar-refractivity contribution in [2.45, 2.75) is 26.3 Å². The molecular formula is C19H20N6O. The van der Waals surface area contributed by atoms with Gasteiger partial charge in [-0.2, -0.15) is 5.10 Å². The van der Waals surface area contributed by atoms with Crippen molar-refractivity contribution in [3.8, 4) is 11.3 Å². The van der Waals surface area contributed by atoms with Gasteiger partial charge < -0.3 is 10.3 Å². The number of rotatable bonds is 4. The molecule has 3 N–H and O–H groups in total. The van der Waals surface area contributed by atoms with Crippen LogP contribution in [0.15, 0.2) is 36.8 Å². The highest BCUT2D eigenvalue weighted by molar-refractivity contribution is 6.07. The normalized spacial score (nSPS) is 12.1. The van der Waals surface area contributed by atoms with Crippen LogP contribution >= 0.6 is 0 Å². The van der Waals surface area contributed by atoms with Crippen LogP contribution in [-0.4, -0.2) is 43.0 Å². The third-order valence-corrected chi connectivity index (χ3v) is 4.21. The molecule has 0 atom stereocenters. The van der Waals surface area contributed by atoms with Gasteiger partial charge in [-0.25, -0.2) is 9.97 Å². The number of carbonyl (C=O) groups is 1. The first-order chi connectivity index (χ1) is 12.4. The number of aromatic nitrogens is 5. The Balaban J connectivity index is 1.75. The zero-order valence-corrected chi connectivity index (χ0v) is 14.9. The fraction of sp³-hybridized carbons (Fsp3) is 0.263. The number of carbonyl (C=O) groups excluding carboxylic acids is 1. The molecule has 0 bridgehead atoms. The number of aromatic amines is 2. The monoisotopic (exact) mass is 348 g/mol. The number of hydrogen-bond acceptors (Lipinski definition) is 5. The van der Waals surface area contributed by atoms with Gasteiger partial charge in [-0.3, -0.25) is 9.89 Å². The number of H-pyrrole nitrogens is 2. The minimum Gasteiger partial charge on any atom is -0.344 e. The Labute approximate surface area is 150 Å². The average Bonchev–Trinajstić information content (AvgIpc) is 3.24. The number of fused-ring (bicyclic) bond motifs is 2. The van der Waals surface area contributed by atoms with Crippen LogP contribution in [0.1, 0.15) is 31.1 Å². The quantitative estimate of drug-likeness (QED) is 0.492. The number of nitrogens with zero attached hydrogens (tertiary/aromatic N) is 3. The molecule has 7 nitrogen and oxygen atoms in total. The molecule has 0 aliphatic heterocycles. The molecule has 0 aliphatic rings. The SMILES string of the molecule is CC(C)(C)NCC(=O)c1c[nH]c2ncc(-c3cccc4cn[nH]c34)nc12. The van der Waals surface area contributed by atoms with E-state index in [4.69, 9.17) is 4.98 Å². The van der Waals surface area contributed by atoms with E-state index in [9.17, 15) is 4.79 Å². The molecule has 26 heavy (non-hydrogen) atoms. The largest absolute Gasteiger partial charge is 0.344 e. The van der Waals surface area contributed by atoms with Crippen molar-refractivity contribution in [3.05, 3.63) is 42.4 Å². The molecule has 4 rings (SSSR count). The molecule has 0 radical (unpaired) electrons. The van der Waals surface area contributed by atoms with Gasteiger partial charge in [-0.1, -0.05) is 18.2 Å². The van der Waals surface area contributed by atoms with Crippen LogP contribution in [0.25, 0.3) is 33.3 Å². The van der Waals surface area contributed by atoms with E-state index in [2.05, 4.69) is 25.5 Å². The Morgan fingerprint density at radius 3 is 2.88 bits per heavy atom. The maximum absolute atomic E-state index is 12.6. The lowest BCUT2D eigenvalue weighted by atomic mass is 10.1. The van der Waals surface area contributed by atoms with E-state index in [1.807, 2.05) is 39.0 Å². The van der Waals surface area contributed by atoms with Crippen LogP contribution in [0.4, 0.5) is 0 Å². The molecule has 3 aromatic heterocycles. The summed E-state index contributed by atoms with van der Waals surface area (Å²) >= 11 is 0. The van der Waals surface area contributed by atoms with Crippen molar-refractivity contribution in [2.24, 2.45) is 0 Å². The second-order valence-electron chi connectivity index (χ2n) is 7.32. The second-order valence-corrected chi connectivity index (χ2v) is 7.32. The smallest absolute Gasteiger partial charge is 0.180 e. The summed E-state index contributed by atoms with van der Waals surface area (Å²) in [7, 11) is 0. The van der Waals surface area contributed by atoms with Crippen molar-refractivity contribution in [1.82, 2.24) is 30.5 Å². The van der Waals surface area contributed by atoms with Gasteiger partial charge in [0.15, 0.2) is 11.4 Å². The summed E-state index contributed by atoms with van der Waals surface area (Å²) in [5, 5.41) is 11.3. The van der Waals surface area contributed by atoms with E-state index in [0.717, 1.165) is 16.5 Å². The van der Waals surface area contributed by atoms with Gasteiger partial charge in [0, 0.05) is 22.7 Å². The van der Waals surface area contributed by atoms with Gasteiger partial charge in [0.25, 0.3) is 0 Å². The summed E-state index contributed by atoms with van der Waals surface area (Å²) in [5.41, 5.74) is 4.10. The predicted octanol–water partition coefficient (Wildman–Crippen LogP) is 3.07. The first-order valence-electron chi connectivity index (χ1n) is 8.47. The zero-order valence-electron chi connectivity index (χ0n) is 14.9. The second kappa shape index (κ2) is 6.03. The summed E-state index contributed by atoms with van der Waals surface area (Å²) in [6.45, 7) is 6.33. The van der Waals surface area contributed by atoms with Crippen LogP contribution in [0.3, 0.4) is 0 Å². The van der Waals surface area contributed by atoms with Crippen molar-refractivity contribution >= 4 is 27.9 Å². The number of ketones is 1. The van der Waals surface area contributed by atoms with Gasteiger partial charge in [-0.05, 0) is 20.8 Å². The zero-order chi connectivity index (χ0) is 18.3. The van der Waals surface area contributed by atoms with Gasteiger partial charge in [0.1, 0.15) is 5.52 Å². The molecule has 0 fully saturated rings. The number of Topliss-reactive ketones (excluding diaryl/α,β-unsaturated/α-hetero) is 1. The molecule has 4 aromatic rings. The standard InChI is InChI=1S/C19H20N6O/c1-19(2,3)22-10-15(26)13-8-20-18-17(13)24-14(9-21-18)12-6-4-5-11-7-23-25-16(11)12/h4-9,22H,10H2,1-3H3,(H,20,21)(H,23,25). The molecule has 3 heterocycles. The molecule has 0 amide bonds. The van der Waals surface area contributed by atoms with Gasteiger partial charge in [0.05, 0.1) is 35.7 Å². The highest BCUT2D eigenvalue weighted by Gasteiger charge is 2.18. The number of nitrogens with one attached hydrogen (secondary N) is 3. The Morgan fingerprint density at radius 2 is 2.08 bits per heavy atom. The van der Waals surface area contributed by atoms with Crippen LogP contribution in [0.5, 0.6) is 0 Å². The summed E-state index contributed by atoms with van der Waals surface area (Å²) in [4.78, 5) is 24.8. The van der Waals surface area contributed by atoms with Crippen molar-refractivity contribution in [3.63, 3.8) is 0 Å². The average molecular weight is 348 g/mol. The predicted molar refractivity (Wildman–Crippen MR) is 101 cm³/mol. The minimum absolute atomic E-state index is 0.0163. The molecule has 0 aliphatic carbocycles. The third-order valence-electron chi connectivity index (χ3n) is 4.21. The Hall–Kier alpha value is -3.06. The van der Waals surface area contributed by atoms with Gasteiger partial charge >= 0.3 is 0 Å². The highest BCUT2D eigenvalue weighted by atomic mass is 16.1. The number of benzene rings is 1. The van der Waals surface area contributed by atoms with E-state index in [-0.39, 0.29) is 17.9 Å². The summed E-state index contributed by atoms with van der Waals surface area (Å²) < 4.78 is 0. The van der Waals surface area contributed by atoms with E-state index in [1.165, 1.54) is 0 Å². The molecular weight excluding hydrogens is 328 g/mol. The van der Waals surface area contributed by atoms with E-state index in [1.54, 1.807) is 18.6 Å². The number of hydrogen-bond donors (Lipinski definition) is 3. The van der Waals surface area contributed by atoms with Gasteiger partial charge in [0.2, 0.25) is 0 Å². The van der Waals surface area contributed by atoms with E-state index in [0.29, 0.717) is 22.4 Å². The summed E-state index contributed by atoms with van der Waals surface area (Å²) in [5.74, 6) is -0.0163. The summed E-state index contributed by atoms with van der Waals surface area (Å²) in [6.07, 6.45) is 5.15. The van der Waals surface area contributed by atoms with Crippen molar-refractivity contribution in [1.29, 1.82) is 0 Å². The number of para-hydroxylation sites is 1. The lowest BCUT2D eigenvalue weighted by molar-refractivity contribution is 0.0983. The molecule has 0 unspecified atom stereocenters. The molecule has 0 spiro atoms. The van der Waals surface area contributed by atoms with Crippen LogP contribution in [0.2, 0.25) is 0 Å². The fourth-order valence-corrected chi connectivity index (χ4v) is 2.86. The Bertz CT molecular complexity index is 1100. The highest BCUT2D eigenvalue weighted by Crippen LogP contribution is 2.27. The van der Waals surface area contributed by atoms with Gasteiger partial charge in [-0.15, -0.1) is 0 Å². The lowest BCUT2D eigenvalue weighted by Crippen LogP contribution is -2.39. The molecule has 0 saturated heterocycles. The van der Waals surface area contributed by atoms with Crippen LogP contribution in [-0.2, 0) is 0 Å². The fourth-order valence-electron chi connectivity index (χ4n) is 2.86. The van der Waals surface area contributed by atoms with E-state index >= 15 is 0 Å². The van der Waals surface area contributed by atoms with Crippen LogP contribution < -0.4 is 5.32 Å². The molecule has 132 valence electrons.